The summed E-state index contributed by atoms with van der Waals surface area (Å²) in [5.74, 6) is -0.848. The smallest absolute Gasteiger partial charge is 0.207 e. The van der Waals surface area contributed by atoms with Gasteiger partial charge in [-0.25, -0.2) is 4.39 Å². The number of hydrogen-bond acceptors (Lipinski definition) is 2. The van der Waals surface area contributed by atoms with Crippen molar-refractivity contribution in [2.24, 2.45) is 0 Å². The molecule has 0 bridgehead atoms. The normalized spacial score (nSPS) is 10.2. The monoisotopic (exact) mass is 250 g/mol. The summed E-state index contributed by atoms with van der Waals surface area (Å²) in [5.41, 5.74) is 1.03. The molecule has 0 amide bonds. The van der Waals surface area contributed by atoms with E-state index in [2.05, 4.69) is 0 Å². The van der Waals surface area contributed by atoms with Gasteiger partial charge in [-0.3, -0.25) is 0 Å². The van der Waals surface area contributed by atoms with E-state index in [1.807, 2.05) is 0 Å². The molecular weight excluding hydrogens is 238 g/mol. The fourth-order valence-electron chi connectivity index (χ4n) is 1.78. The molecule has 0 fully saturated rings. The van der Waals surface area contributed by atoms with Crippen molar-refractivity contribution in [3.63, 3.8) is 0 Å². The topological polar surface area (TPSA) is 18.5 Å². The summed E-state index contributed by atoms with van der Waals surface area (Å²) in [6, 6.07) is 9.02. The number of methoxy groups -OCH3 is 2. The molecule has 2 nitrogen and oxygen atoms in total. The third kappa shape index (κ3) is 2.14. The average Bonchev–Trinajstić information content (AvgIpc) is 2.38. The maximum absolute atomic E-state index is 14.0. The first-order valence-corrected chi connectivity index (χ1v) is 5.33. The molecule has 2 rings (SSSR count). The lowest BCUT2D eigenvalue weighted by Crippen LogP contribution is -1.96. The first kappa shape index (κ1) is 12.4. The Morgan fingerprint density at radius 2 is 1.72 bits per heavy atom. The average molecular weight is 250 g/mol. The van der Waals surface area contributed by atoms with Crippen LogP contribution >= 0.6 is 0 Å². The van der Waals surface area contributed by atoms with E-state index in [0.717, 1.165) is 0 Å². The van der Waals surface area contributed by atoms with Crippen molar-refractivity contribution >= 4 is 0 Å². The van der Waals surface area contributed by atoms with E-state index in [1.165, 1.54) is 32.4 Å². The Kier molecular flexibility index (Phi) is 3.46. The van der Waals surface area contributed by atoms with Crippen LogP contribution in [0.3, 0.4) is 0 Å². The van der Waals surface area contributed by atoms with Crippen molar-refractivity contribution in [1.29, 1.82) is 0 Å². The highest BCUT2D eigenvalue weighted by Gasteiger charge is 2.16. The van der Waals surface area contributed by atoms with Gasteiger partial charge in [-0.05, 0) is 29.8 Å². The number of benzene rings is 2. The van der Waals surface area contributed by atoms with Crippen molar-refractivity contribution in [1.82, 2.24) is 0 Å². The molecule has 0 heterocycles. The van der Waals surface area contributed by atoms with Gasteiger partial charge in [0.15, 0.2) is 11.5 Å². The van der Waals surface area contributed by atoms with Crippen LogP contribution in [-0.2, 0) is 0 Å². The lowest BCUT2D eigenvalue weighted by atomic mass is 10.0. The number of hydrogen-bond donors (Lipinski definition) is 0. The molecule has 0 N–H and O–H groups in total. The molecule has 0 aliphatic rings. The molecule has 0 aromatic heterocycles. The van der Waals surface area contributed by atoms with Gasteiger partial charge in [-0.1, -0.05) is 12.1 Å². The quantitative estimate of drug-likeness (QED) is 0.827. The van der Waals surface area contributed by atoms with E-state index in [-0.39, 0.29) is 17.3 Å². The molecule has 0 saturated carbocycles. The molecule has 4 heteroatoms. The van der Waals surface area contributed by atoms with E-state index >= 15 is 0 Å². The third-order valence-electron chi connectivity index (χ3n) is 2.62. The lowest BCUT2D eigenvalue weighted by molar-refractivity contribution is 0.351. The summed E-state index contributed by atoms with van der Waals surface area (Å²) < 4.78 is 37.1. The minimum absolute atomic E-state index is 0.0416. The van der Waals surface area contributed by atoms with E-state index in [4.69, 9.17) is 9.47 Å². The predicted octanol–water partition coefficient (Wildman–Crippen LogP) is 3.65. The molecule has 0 spiro atoms. The largest absolute Gasteiger partial charge is 0.494 e. The van der Waals surface area contributed by atoms with Crippen molar-refractivity contribution in [2.75, 3.05) is 14.2 Å². The maximum Gasteiger partial charge on any atom is 0.207 e. The number of halogens is 2. The number of rotatable bonds is 3. The van der Waals surface area contributed by atoms with Crippen LogP contribution in [0, 0.1) is 11.6 Å². The van der Waals surface area contributed by atoms with E-state index in [9.17, 15) is 8.78 Å². The summed E-state index contributed by atoms with van der Waals surface area (Å²) >= 11 is 0. The summed E-state index contributed by atoms with van der Waals surface area (Å²) in [6.07, 6.45) is 0. The van der Waals surface area contributed by atoms with Crippen LogP contribution in [0.4, 0.5) is 8.78 Å². The SMILES string of the molecule is COc1ccc(-c2cccc(F)c2)c(OC)c1F. The Balaban J connectivity index is 2.61. The van der Waals surface area contributed by atoms with Crippen LogP contribution in [0.5, 0.6) is 11.5 Å². The molecule has 94 valence electrons. The third-order valence-corrected chi connectivity index (χ3v) is 2.62. The molecule has 0 saturated heterocycles. The summed E-state index contributed by atoms with van der Waals surface area (Å²) in [7, 11) is 2.74. The van der Waals surface area contributed by atoms with E-state index in [0.29, 0.717) is 11.1 Å². The highest BCUT2D eigenvalue weighted by molar-refractivity contribution is 5.72. The van der Waals surface area contributed by atoms with Crippen LogP contribution in [0.1, 0.15) is 0 Å². The predicted molar refractivity (Wildman–Crippen MR) is 64.9 cm³/mol. The minimum Gasteiger partial charge on any atom is -0.494 e. The summed E-state index contributed by atoms with van der Waals surface area (Å²) in [5, 5.41) is 0. The Labute approximate surface area is 104 Å². The minimum atomic E-state index is -0.596. The van der Waals surface area contributed by atoms with Crippen molar-refractivity contribution in [3.05, 3.63) is 48.0 Å². The lowest BCUT2D eigenvalue weighted by Gasteiger charge is -2.12. The molecule has 0 aliphatic heterocycles. The van der Waals surface area contributed by atoms with Crippen LogP contribution in [0.15, 0.2) is 36.4 Å². The van der Waals surface area contributed by atoms with E-state index in [1.54, 1.807) is 18.2 Å². The Bertz CT molecular complexity index is 568. The van der Waals surface area contributed by atoms with Crippen LogP contribution in [0.25, 0.3) is 11.1 Å². The van der Waals surface area contributed by atoms with Gasteiger partial charge in [0.25, 0.3) is 0 Å². The fraction of sp³-hybridized carbons (Fsp3) is 0.143. The molecule has 2 aromatic carbocycles. The molecule has 18 heavy (non-hydrogen) atoms. The Hall–Kier alpha value is -2.10. The zero-order valence-electron chi connectivity index (χ0n) is 10.0. The van der Waals surface area contributed by atoms with Crippen molar-refractivity contribution in [2.45, 2.75) is 0 Å². The zero-order chi connectivity index (χ0) is 13.1. The fourth-order valence-corrected chi connectivity index (χ4v) is 1.78. The second-order valence-electron chi connectivity index (χ2n) is 3.67. The van der Waals surface area contributed by atoms with E-state index < -0.39 is 5.82 Å². The molecule has 0 unspecified atom stereocenters. The Morgan fingerprint density at radius 1 is 0.944 bits per heavy atom. The highest BCUT2D eigenvalue weighted by Crippen LogP contribution is 2.36. The Morgan fingerprint density at radius 3 is 2.33 bits per heavy atom. The van der Waals surface area contributed by atoms with Crippen molar-refractivity contribution in [3.8, 4) is 22.6 Å². The van der Waals surface area contributed by atoms with Crippen LogP contribution < -0.4 is 9.47 Å². The van der Waals surface area contributed by atoms with Crippen LogP contribution in [-0.4, -0.2) is 14.2 Å². The number of ether oxygens (including phenoxy) is 2. The van der Waals surface area contributed by atoms with Gasteiger partial charge < -0.3 is 9.47 Å². The van der Waals surface area contributed by atoms with Crippen molar-refractivity contribution < 1.29 is 18.3 Å². The highest BCUT2D eigenvalue weighted by atomic mass is 19.1. The van der Waals surface area contributed by atoms with Gasteiger partial charge in [-0.2, -0.15) is 4.39 Å². The second-order valence-corrected chi connectivity index (χ2v) is 3.67. The van der Waals surface area contributed by atoms with Gasteiger partial charge in [0.1, 0.15) is 5.82 Å². The molecule has 0 aliphatic carbocycles. The maximum atomic E-state index is 14.0. The zero-order valence-corrected chi connectivity index (χ0v) is 10.0. The van der Waals surface area contributed by atoms with Gasteiger partial charge in [0.05, 0.1) is 14.2 Å². The van der Waals surface area contributed by atoms with Gasteiger partial charge in [0, 0.05) is 5.56 Å². The molecular formula is C14H12F2O2. The summed E-state index contributed by atoms with van der Waals surface area (Å²) in [6.45, 7) is 0. The van der Waals surface area contributed by atoms with Gasteiger partial charge in [0.2, 0.25) is 5.82 Å². The molecule has 2 aromatic rings. The second kappa shape index (κ2) is 5.04. The first-order valence-electron chi connectivity index (χ1n) is 5.33. The standard InChI is InChI=1S/C14H12F2O2/c1-17-12-7-6-11(14(18-2)13(12)16)9-4-3-5-10(15)8-9/h3-8H,1-2H3. The van der Waals surface area contributed by atoms with Crippen LogP contribution in [0.2, 0.25) is 0 Å². The molecule has 0 radical (unpaired) electrons. The molecule has 0 atom stereocenters. The van der Waals surface area contributed by atoms with Gasteiger partial charge in [-0.15, -0.1) is 0 Å². The summed E-state index contributed by atoms with van der Waals surface area (Å²) in [4.78, 5) is 0. The van der Waals surface area contributed by atoms with Gasteiger partial charge >= 0.3 is 0 Å². The first-order chi connectivity index (χ1) is 8.67.